The number of pyridine rings is 2. The Kier molecular flexibility index (Phi) is 2.46. The van der Waals surface area contributed by atoms with E-state index in [1.54, 1.807) is 0 Å². The summed E-state index contributed by atoms with van der Waals surface area (Å²) in [6, 6.07) is 25.4. The summed E-state index contributed by atoms with van der Waals surface area (Å²) in [5.41, 5.74) is 3.59. The molecule has 0 aliphatic rings. The molecule has 1 radical (unpaired) electrons. The van der Waals surface area contributed by atoms with Gasteiger partial charge < -0.3 is 0 Å². The Hall–Kier alpha value is -2.74. The summed E-state index contributed by atoms with van der Waals surface area (Å²) in [6.07, 6.45) is 0. The van der Waals surface area contributed by atoms with E-state index in [9.17, 15) is 0 Å². The molecule has 0 spiro atoms. The van der Waals surface area contributed by atoms with Crippen LogP contribution >= 0.6 is 0 Å². The van der Waals surface area contributed by atoms with E-state index in [1.807, 2.05) is 54.6 Å². The van der Waals surface area contributed by atoms with Crippen LogP contribution in [0.4, 0.5) is 0 Å². The minimum atomic E-state index is 0.787. The number of hydrogen-bond donors (Lipinski definition) is 0. The minimum absolute atomic E-state index is 0.787. The van der Waals surface area contributed by atoms with E-state index in [2.05, 4.69) is 28.2 Å². The molecular formula is C18H11N2. The van der Waals surface area contributed by atoms with E-state index >= 15 is 0 Å². The molecule has 0 fully saturated rings. The average molecular weight is 255 g/mol. The van der Waals surface area contributed by atoms with Gasteiger partial charge in [0, 0.05) is 16.8 Å². The fourth-order valence-corrected chi connectivity index (χ4v) is 2.34. The third kappa shape index (κ3) is 1.82. The number of hydrogen-bond acceptors (Lipinski definition) is 2. The molecule has 0 bridgehead atoms. The van der Waals surface area contributed by atoms with Crippen molar-refractivity contribution >= 4 is 21.8 Å². The number of para-hydroxylation sites is 2. The van der Waals surface area contributed by atoms with Crippen molar-refractivity contribution in [3.05, 3.63) is 72.8 Å². The lowest BCUT2D eigenvalue weighted by atomic mass is 10.1. The monoisotopic (exact) mass is 255 g/mol. The molecule has 0 aliphatic carbocycles. The van der Waals surface area contributed by atoms with Gasteiger partial charge in [-0.15, -0.1) is 0 Å². The van der Waals surface area contributed by atoms with Crippen LogP contribution in [0.3, 0.4) is 0 Å². The molecule has 0 amide bonds. The standard InChI is InChI=1S/C18H11N2/c1-3-7-15-13(5-1)9-11-17(19-15)18-12-10-14-6-2-4-8-16(14)20-18/h1-11H. The van der Waals surface area contributed by atoms with Crippen molar-refractivity contribution in [2.75, 3.05) is 0 Å². The predicted octanol–water partition coefficient (Wildman–Crippen LogP) is 4.25. The molecule has 0 atom stereocenters. The second-order valence-corrected chi connectivity index (χ2v) is 4.70. The molecule has 2 nitrogen and oxygen atoms in total. The van der Waals surface area contributed by atoms with Gasteiger partial charge in [-0.1, -0.05) is 42.5 Å². The largest absolute Gasteiger partial charge is 0.246 e. The maximum absolute atomic E-state index is 4.66. The van der Waals surface area contributed by atoms with Gasteiger partial charge >= 0.3 is 0 Å². The van der Waals surface area contributed by atoms with Gasteiger partial charge in [-0.2, -0.15) is 0 Å². The first-order valence-electron chi connectivity index (χ1n) is 6.54. The summed E-state index contributed by atoms with van der Waals surface area (Å²) in [5, 5.41) is 2.23. The summed E-state index contributed by atoms with van der Waals surface area (Å²) in [6.45, 7) is 0. The Morgan fingerprint density at radius 3 is 2.20 bits per heavy atom. The first-order valence-corrected chi connectivity index (χ1v) is 6.54. The lowest BCUT2D eigenvalue weighted by molar-refractivity contribution is 1.31. The summed E-state index contributed by atoms with van der Waals surface area (Å²) in [5.74, 6) is 0. The van der Waals surface area contributed by atoms with Crippen molar-refractivity contribution in [3.63, 3.8) is 0 Å². The van der Waals surface area contributed by atoms with Crippen LogP contribution in [0.5, 0.6) is 0 Å². The fourth-order valence-electron chi connectivity index (χ4n) is 2.34. The average Bonchev–Trinajstić information content (AvgIpc) is 2.54. The molecule has 93 valence electrons. The molecule has 4 rings (SSSR count). The van der Waals surface area contributed by atoms with Gasteiger partial charge in [-0.25, -0.2) is 9.97 Å². The third-order valence-corrected chi connectivity index (χ3v) is 3.37. The number of rotatable bonds is 1. The summed E-state index contributed by atoms with van der Waals surface area (Å²) in [4.78, 5) is 9.29. The van der Waals surface area contributed by atoms with Crippen LogP contribution in [-0.2, 0) is 0 Å². The molecular weight excluding hydrogens is 244 g/mol. The van der Waals surface area contributed by atoms with E-state index in [0.29, 0.717) is 0 Å². The van der Waals surface area contributed by atoms with Gasteiger partial charge in [0.2, 0.25) is 0 Å². The van der Waals surface area contributed by atoms with Gasteiger partial charge in [-0.05, 0) is 24.3 Å². The molecule has 0 unspecified atom stereocenters. The Balaban J connectivity index is 1.91. The van der Waals surface area contributed by atoms with E-state index in [1.165, 1.54) is 0 Å². The van der Waals surface area contributed by atoms with Crippen LogP contribution in [-0.4, -0.2) is 9.97 Å². The Morgan fingerprint density at radius 2 is 1.35 bits per heavy atom. The molecule has 0 saturated heterocycles. The number of benzene rings is 2. The molecule has 4 aromatic rings. The first-order chi connectivity index (χ1) is 9.90. The van der Waals surface area contributed by atoms with E-state index in [0.717, 1.165) is 33.2 Å². The van der Waals surface area contributed by atoms with Crippen molar-refractivity contribution in [2.24, 2.45) is 0 Å². The zero-order valence-electron chi connectivity index (χ0n) is 10.7. The quantitative estimate of drug-likeness (QED) is 0.508. The highest BCUT2D eigenvalue weighted by molar-refractivity contribution is 5.83. The van der Waals surface area contributed by atoms with Crippen molar-refractivity contribution in [1.82, 2.24) is 9.97 Å². The van der Waals surface area contributed by atoms with Crippen LogP contribution in [0.2, 0.25) is 0 Å². The van der Waals surface area contributed by atoms with Gasteiger partial charge in [0.25, 0.3) is 0 Å². The second-order valence-electron chi connectivity index (χ2n) is 4.70. The normalized spacial score (nSPS) is 11.0. The lowest BCUT2D eigenvalue weighted by Crippen LogP contribution is -1.89. The van der Waals surface area contributed by atoms with E-state index in [4.69, 9.17) is 0 Å². The molecule has 0 N–H and O–H groups in total. The number of nitrogens with zero attached hydrogens (tertiary/aromatic N) is 2. The summed E-state index contributed by atoms with van der Waals surface area (Å²) < 4.78 is 0. The number of fused-ring (bicyclic) bond motifs is 2. The SMILES string of the molecule is [c]1cc2ccccc2nc1-c1ccc2ccccc2n1. The molecule has 2 heterocycles. The van der Waals surface area contributed by atoms with Crippen molar-refractivity contribution < 1.29 is 0 Å². The maximum atomic E-state index is 4.66. The molecule has 2 aromatic heterocycles. The maximum Gasteiger partial charge on any atom is 0.0973 e. The molecule has 0 saturated carbocycles. The van der Waals surface area contributed by atoms with Gasteiger partial charge in [0.1, 0.15) is 0 Å². The highest BCUT2D eigenvalue weighted by atomic mass is 14.8. The molecule has 20 heavy (non-hydrogen) atoms. The highest BCUT2D eigenvalue weighted by Crippen LogP contribution is 2.21. The molecule has 2 aromatic carbocycles. The second kappa shape index (κ2) is 4.42. The Labute approximate surface area is 116 Å². The van der Waals surface area contributed by atoms with Gasteiger partial charge in [0.05, 0.1) is 22.4 Å². The van der Waals surface area contributed by atoms with Crippen molar-refractivity contribution in [2.45, 2.75) is 0 Å². The van der Waals surface area contributed by atoms with Crippen LogP contribution in [0.1, 0.15) is 0 Å². The summed E-state index contributed by atoms with van der Waals surface area (Å²) in [7, 11) is 0. The Bertz CT molecular complexity index is 836. The van der Waals surface area contributed by atoms with Gasteiger partial charge in [0.15, 0.2) is 0 Å². The van der Waals surface area contributed by atoms with E-state index < -0.39 is 0 Å². The smallest absolute Gasteiger partial charge is 0.0973 e. The highest BCUT2D eigenvalue weighted by Gasteiger charge is 2.04. The lowest BCUT2D eigenvalue weighted by Gasteiger charge is -2.03. The predicted molar refractivity (Wildman–Crippen MR) is 81.3 cm³/mol. The Morgan fingerprint density at radius 1 is 0.650 bits per heavy atom. The first kappa shape index (κ1) is 11.1. The van der Waals surface area contributed by atoms with Crippen LogP contribution in [0.15, 0.2) is 66.7 Å². The number of aromatic nitrogens is 2. The summed E-state index contributed by atoms with van der Waals surface area (Å²) >= 11 is 0. The zero-order chi connectivity index (χ0) is 13.4. The topological polar surface area (TPSA) is 25.8 Å². The zero-order valence-corrected chi connectivity index (χ0v) is 10.7. The van der Waals surface area contributed by atoms with Crippen LogP contribution in [0, 0.1) is 6.07 Å². The van der Waals surface area contributed by atoms with Crippen molar-refractivity contribution in [1.29, 1.82) is 0 Å². The molecule has 2 heteroatoms. The minimum Gasteiger partial charge on any atom is -0.246 e. The van der Waals surface area contributed by atoms with E-state index in [-0.39, 0.29) is 0 Å². The fraction of sp³-hybridized carbons (Fsp3) is 0. The third-order valence-electron chi connectivity index (χ3n) is 3.37. The van der Waals surface area contributed by atoms with Crippen LogP contribution in [0.25, 0.3) is 33.2 Å². The van der Waals surface area contributed by atoms with Crippen molar-refractivity contribution in [3.8, 4) is 11.4 Å². The van der Waals surface area contributed by atoms with Crippen LogP contribution < -0.4 is 0 Å². The van der Waals surface area contributed by atoms with Gasteiger partial charge in [-0.3, -0.25) is 0 Å². The molecule has 0 aliphatic heterocycles.